The monoisotopic (exact) mass is 320 g/mol. The fraction of sp³-hybridized carbons (Fsp3) is 0.235. The maximum atomic E-state index is 6.13. The van der Waals surface area contributed by atoms with E-state index in [1.807, 2.05) is 25.1 Å². The molecule has 0 fully saturated rings. The molecule has 2 aromatic rings. The highest BCUT2D eigenvalue weighted by molar-refractivity contribution is 6.35. The van der Waals surface area contributed by atoms with Crippen molar-refractivity contribution in [3.8, 4) is 0 Å². The molecule has 21 heavy (non-hydrogen) atoms. The minimum Gasteiger partial charge on any atom is -0.305 e. The van der Waals surface area contributed by atoms with Gasteiger partial charge in [0.15, 0.2) is 0 Å². The maximum absolute atomic E-state index is 6.13. The number of benzene rings is 2. The molecule has 0 saturated carbocycles. The van der Waals surface area contributed by atoms with Gasteiger partial charge in [0.1, 0.15) is 0 Å². The van der Waals surface area contributed by atoms with E-state index < -0.39 is 0 Å². The number of halogens is 2. The van der Waals surface area contributed by atoms with Crippen LogP contribution in [-0.2, 0) is 6.54 Å². The van der Waals surface area contributed by atoms with Crippen LogP contribution < -0.4 is 5.43 Å². The number of nitrogens with zero attached hydrogens (tertiary/aromatic N) is 1. The topological polar surface area (TPSA) is 24.4 Å². The molecule has 2 aromatic carbocycles. The van der Waals surface area contributed by atoms with Gasteiger partial charge in [0.05, 0.1) is 12.3 Å². The average Bonchev–Trinajstić information content (AvgIpc) is 2.44. The zero-order chi connectivity index (χ0) is 15.4. The number of hydrogen-bond donors (Lipinski definition) is 1. The lowest BCUT2D eigenvalue weighted by Gasteiger charge is -2.09. The summed E-state index contributed by atoms with van der Waals surface area (Å²) in [6.45, 7) is 6.65. The summed E-state index contributed by atoms with van der Waals surface area (Å²) >= 11 is 12.3. The van der Waals surface area contributed by atoms with Gasteiger partial charge in [-0.15, -0.1) is 0 Å². The van der Waals surface area contributed by atoms with Gasteiger partial charge in [-0.05, 0) is 44.5 Å². The van der Waals surface area contributed by atoms with Crippen molar-refractivity contribution >= 4 is 28.9 Å². The molecule has 0 amide bonds. The van der Waals surface area contributed by atoms with Crippen molar-refractivity contribution < 1.29 is 0 Å². The molecule has 0 aliphatic carbocycles. The molecule has 110 valence electrons. The van der Waals surface area contributed by atoms with Crippen molar-refractivity contribution in [2.45, 2.75) is 27.3 Å². The van der Waals surface area contributed by atoms with Crippen molar-refractivity contribution in [1.29, 1.82) is 0 Å². The van der Waals surface area contributed by atoms with Crippen LogP contribution in [0.15, 0.2) is 41.5 Å². The van der Waals surface area contributed by atoms with E-state index in [1.54, 1.807) is 0 Å². The van der Waals surface area contributed by atoms with E-state index in [2.05, 4.69) is 42.6 Å². The Morgan fingerprint density at radius 2 is 1.76 bits per heavy atom. The van der Waals surface area contributed by atoms with Gasteiger partial charge < -0.3 is 5.43 Å². The third-order valence-corrected chi connectivity index (χ3v) is 4.06. The standard InChI is InChI=1S/C17H18Cl2N2/c1-11-7-8-12(2)14(9-11)13(3)21-20-10-15-16(18)5-4-6-17(15)19/h4-9,20H,10H2,1-3H3/b21-13+. The molecule has 0 unspecified atom stereocenters. The van der Waals surface area contributed by atoms with Crippen LogP contribution >= 0.6 is 23.2 Å². The molecule has 2 nitrogen and oxygen atoms in total. The zero-order valence-corrected chi connectivity index (χ0v) is 13.9. The van der Waals surface area contributed by atoms with Gasteiger partial charge in [-0.1, -0.05) is 47.0 Å². The third kappa shape index (κ3) is 3.99. The van der Waals surface area contributed by atoms with Crippen LogP contribution in [0.3, 0.4) is 0 Å². The summed E-state index contributed by atoms with van der Waals surface area (Å²) in [5.74, 6) is 0. The van der Waals surface area contributed by atoms with Crippen molar-refractivity contribution in [2.24, 2.45) is 5.10 Å². The lowest BCUT2D eigenvalue weighted by atomic mass is 10.0. The maximum Gasteiger partial charge on any atom is 0.0647 e. The van der Waals surface area contributed by atoms with Crippen LogP contribution in [0.1, 0.15) is 29.2 Å². The lowest BCUT2D eigenvalue weighted by molar-refractivity contribution is 0.744. The highest BCUT2D eigenvalue weighted by Gasteiger charge is 2.05. The Morgan fingerprint density at radius 1 is 1.10 bits per heavy atom. The summed E-state index contributed by atoms with van der Waals surface area (Å²) in [7, 11) is 0. The summed E-state index contributed by atoms with van der Waals surface area (Å²) in [4.78, 5) is 0. The predicted octanol–water partition coefficient (Wildman–Crippen LogP) is 5.12. The van der Waals surface area contributed by atoms with Crippen LogP contribution in [0.4, 0.5) is 0 Å². The molecule has 2 rings (SSSR count). The van der Waals surface area contributed by atoms with E-state index >= 15 is 0 Å². The molecule has 0 radical (unpaired) electrons. The van der Waals surface area contributed by atoms with Crippen molar-refractivity contribution in [3.05, 3.63) is 68.7 Å². The lowest BCUT2D eigenvalue weighted by Crippen LogP contribution is -2.11. The normalized spacial score (nSPS) is 11.6. The van der Waals surface area contributed by atoms with Gasteiger partial charge in [0.2, 0.25) is 0 Å². The van der Waals surface area contributed by atoms with E-state index in [1.165, 1.54) is 11.1 Å². The van der Waals surface area contributed by atoms with Crippen LogP contribution in [0.2, 0.25) is 10.0 Å². The summed E-state index contributed by atoms with van der Waals surface area (Å²) in [6.07, 6.45) is 0. The van der Waals surface area contributed by atoms with Crippen LogP contribution in [0.25, 0.3) is 0 Å². The van der Waals surface area contributed by atoms with Crippen LogP contribution in [0.5, 0.6) is 0 Å². The fourth-order valence-electron chi connectivity index (χ4n) is 2.12. The number of nitrogens with one attached hydrogen (secondary N) is 1. The fourth-order valence-corrected chi connectivity index (χ4v) is 2.66. The third-order valence-electron chi connectivity index (χ3n) is 3.35. The Morgan fingerprint density at radius 3 is 2.43 bits per heavy atom. The van der Waals surface area contributed by atoms with E-state index in [-0.39, 0.29) is 0 Å². The molecule has 1 N–H and O–H groups in total. The molecule has 4 heteroatoms. The zero-order valence-electron chi connectivity index (χ0n) is 12.4. The Bertz CT molecular complexity index is 658. The molecule has 0 spiro atoms. The quantitative estimate of drug-likeness (QED) is 0.613. The number of hydrogen-bond acceptors (Lipinski definition) is 2. The Kier molecular flexibility index (Phi) is 5.27. The van der Waals surface area contributed by atoms with Gasteiger partial charge in [-0.3, -0.25) is 0 Å². The molecule has 0 aliphatic rings. The van der Waals surface area contributed by atoms with Crippen molar-refractivity contribution in [3.63, 3.8) is 0 Å². The summed E-state index contributed by atoms with van der Waals surface area (Å²) in [5.41, 5.74) is 8.43. The van der Waals surface area contributed by atoms with E-state index in [0.29, 0.717) is 16.6 Å². The number of hydrazone groups is 1. The van der Waals surface area contributed by atoms with Gasteiger partial charge in [0, 0.05) is 21.2 Å². The SMILES string of the molecule is C/C(=N\NCc1c(Cl)cccc1Cl)c1cc(C)ccc1C. The molecule has 0 heterocycles. The second kappa shape index (κ2) is 6.97. The molecular weight excluding hydrogens is 303 g/mol. The molecule has 0 bridgehead atoms. The second-order valence-corrected chi connectivity index (χ2v) is 5.87. The Labute approximate surface area is 135 Å². The first-order valence-corrected chi connectivity index (χ1v) is 7.52. The van der Waals surface area contributed by atoms with Gasteiger partial charge in [-0.2, -0.15) is 5.10 Å². The summed E-state index contributed by atoms with van der Waals surface area (Å²) in [6, 6.07) is 11.8. The highest BCUT2D eigenvalue weighted by atomic mass is 35.5. The molecule has 0 atom stereocenters. The van der Waals surface area contributed by atoms with Crippen molar-refractivity contribution in [1.82, 2.24) is 5.43 Å². The van der Waals surface area contributed by atoms with Gasteiger partial charge in [-0.25, -0.2) is 0 Å². The van der Waals surface area contributed by atoms with Gasteiger partial charge in [0.25, 0.3) is 0 Å². The summed E-state index contributed by atoms with van der Waals surface area (Å²) < 4.78 is 0. The Balaban J connectivity index is 2.12. The minimum atomic E-state index is 0.501. The first kappa shape index (κ1) is 15.9. The molecular formula is C17H18Cl2N2. The first-order valence-electron chi connectivity index (χ1n) is 6.76. The first-order chi connectivity index (χ1) is 9.99. The number of rotatable bonds is 4. The second-order valence-electron chi connectivity index (χ2n) is 5.05. The highest BCUT2D eigenvalue weighted by Crippen LogP contribution is 2.23. The Hall–Kier alpha value is -1.51. The molecule has 0 saturated heterocycles. The average molecular weight is 321 g/mol. The molecule has 0 aliphatic heterocycles. The predicted molar refractivity (Wildman–Crippen MR) is 91.4 cm³/mol. The van der Waals surface area contributed by atoms with Crippen LogP contribution in [-0.4, -0.2) is 5.71 Å². The molecule has 0 aromatic heterocycles. The van der Waals surface area contributed by atoms with E-state index in [4.69, 9.17) is 23.2 Å². The van der Waals surface area contributed by atoms with Gasteiger partial charge >= 0.3 is 0 Å². The minimum absolute atomic E-state index is 0.501. The van der Waals surface area contributed by atoms with E-state index in [9.17, 15) is 0 Å². The van der Waals surface area contributed by atoms with Crippen molar-refractivity contribution in [2.75, 3.05) is 0 Å². The van der Waals surface area contributed by atoms with E-state index in [0.717, 1.165) is 16.8 Å². The number of aryl methyl sites for hydroxylation is 2. The largest absolute Gasteiger partial charge is 0.305 e. The summed E-state index contributed by atoms with van der Waals surface area (Å²) in [5, 5.41) is 5.72. The smallest absolute Gasteiger partial charge is 0.0647 e. The van der Waals surface area contributed by atoms with Crippen LogP contribution in [0, 0.1) is 13.8 Å².